The van der Waals surface area contributed by atoms with Crippen molar-refractivity contribution >= 4 is 0 Å². The summed E-state index contributed by atoms with van der Waals surface area (Å²) in [6, 6.07) is 0. The second-order valence-corrected chi connectivity index (χ2v) is 6.05. The van der Waals surface area contributed by atoms with Crippen LogP contribution < -0.4 is 5.32 Å². The van der Waals surface area contributed by atoms with Crippen LogP contribution in [0.5, 0.6) is 0 Å². The number of hydrogen-bond donors (Lipinski definition) is 1. The van der Waals surface area contributed by atoms with Gasteiger partial charge in [-0.2, -0.15) is 0 Å². The van der Waals surface area contributed by atoms with Gasteiger partial charge in [-0.15, -0.1) is 0 Å². The molecule has 1 aliphatic carbocycles. The number of imidazole rings is 1. The Balaban J connectivity index is 1.45. The minimum atomic E-state index is 0.382. The van der Waals surface area contributed by atoms with E-state index in [1.165, 1.54) is 38.9 Å². The maximum atomic E-state index is 4.08. The molecule has 0 amide bonds. The van der Waals surface area contributed by atoms with E-state index in [4.69, 9.17) is 0 Å². The lowest BCUT2D eigenvalue weighted by molar-refractivity contribution is 0.125. The molecule has 1 atom stereocenters. The molecule has 1 aromatic rings. The molecule has 3 rings (SSSR count). The molecule has 0 radical (unpaired) electrons. The number of nitrogens with one attached hydrogen (secondary N) is 1. The molecule has 4 heteroatoms. The lowest BCUT2D eigenvalue weighted by Gasteiger charge is -2.42. The van der Waals surface area contributed by atoms with Gasteiger partial charge in [0.05, 0.1) is 6.33 Å². The summed E-state index contributed by atoms with van der Waals surface area (Å²) in [6.07, 6.45) is 9.88. The van der Waals surface area contributed by atoms with Crippen LogP contribution in [0, 0.1) is 5.92 Å². The molecule has 1 unspecified atom stereocenters. The zero-order chi connectivity index (χ0) is 12.4. The third-order valence-corrected chi connectivity index (χ3v) is 4.44. The highest BCUT2D eigenvalue weighted by atomic mass is 15.2. The molecule has 18 heavy (non-hydrogen) atoms. The number of piperazine rings is 1. The Morgan fingerprint density at radius 3 is 3.00 bits per heavy atom. The Bertz CT molecular complexity index is 371. The fraction of sp³-hybridized carbons (Fsp3) is 0.786. The van der Waals surface area contributed by atoms with Crippen LogP contribution in [-0.2, 0) is 6.54 Å². The predicted molar refractivity (Wildman–Crippen MR) is 72.4 cm³/mol. The summed E-state index contributed by atoms with van der Waals surface area (Å²) in [5, 5.41) is 3.73. The quantitative estimate of drug-likeness (QED) is 0.854. The molecule has 2 fully saturated rings. The van der Waals surface area contributed by atoms with Crippen LogP contribution >= 0.6 is 0 Å². The molecule has 1 aromatic heterocycles. The number of aromatic nitrogens is 2. The van der Waals surface area contributed by atoms with Crippen molar-refractivity contribution in [2.24, 2.45) is 5.92 Å². The summed E-state index contributed by atoms with van der Waals surface area (Å²) >= 11 is 0. The molecule has 2 heterocycles. The normalized spacial score (nSPS) is 29.6. The molecular weight excluding hydrogens is 224 g/mol. The van der Waals surface area contributed by atoms with Crippen LogP contribution in [-0.4, -0.2) is 46.2 Å². The Hall–Kier alpha value is -0.870. The predicted octanol–water partition coefficient (Wildman–Crippen LogP) is 1.35. The van der Waals surface area contributed by atoms with Crippen molar-refractivity contribution in [3.63, 3.8) is 0 Å². The summed E-state index contributed by atoms with van der Waals surface area (Å²) in [7, 11) is 0. The third kappa shape index (κ3) is 2.75. The molecule has 2 aliphatic rings. The first kappa shape index (κ1) is 12.2. The van der Waals surface area contributed by atoms with Crippen molar-refractivity contribution in [2.45, 2.75) is 38.3 Å². The van der Waals surface area contributed by atoms with Gasteiger partial charge in [-0.25, -0.2) is 4.98 Å². The van der Waals surface area contributed by atoms with E-state index < -0.39 is 0 Å². The molecule has 0 spiro atoms. The van der Waals surface area contributed by atoms with Gasteiger partial charge in [-0.05, 0) is 38.6 Å². The van der Waals surface area contributed by atoms with Gasteiger partial charge in [-0.1, -0.05) is 0 Å². The van der Waals surface area contributed by atoms with Gasteiger partial charge in [0.15, 0.2) is 0 Å². The summed E-state index contributed by atoms with van der Waals surface area (Å²) in [6.45, 7) is 8.28. The van der Waals surface area contributed by atoms with Gasteiger partial charge in [-0.3, -0.25) is 0 Å². The van der Waals surface area contributed by atoms with Crippen molar-refractivity contribution in [2.75, 3.05) is 26.2 Å². The monoisotopic (exact) mass is 248 g/mol. The van der Waals surface area contributed by atoms with Crippen molar-refractivity contribution < 1.29 is 0 Å². The SMILES string of the molecule is CC1(C2CC2)CN(CCCn2ccnc2)CCN1. The fourth-order valence-corrected chi connectivity index (χ4v) is 3.18. The Labute approximate surface area is 109 Å². The highest BCUT2D eigenvalue weighted by Crippen LogP contribution is 2.40. The minimum Gasteiger partial charge on any atom is -0.337 e. The second-order valence-electron chi connectivity index (χ2n) is 6.05. The number of aryl methyl sites for hydroxylation is 1. The summed E-state index contributed by atoms with van der Waals surface area (Å²) in [4.78, 5) is 6.71. The Morgan fingerprint density at radius 1 is 1.39 bits per heavy atom. The minimum absolute atomic E-state index is 0.382. The van der Waals surface area contributed by atoms with E-state index in [-0.39, 0.29) is 0 Å². The van der Waals surface area contributed by atoms with E-state index in [1.54, 1.807) is 0 Å². The largest absolute Gasteiger partial charge is 0.337 e. The van der Waals surface area contributed by atoms with Gasteiger partial charge in [0, 0.05) is 44.1 Å². The maximum absolute atomic E-state index is 4.08. The summed E-state index contributed by atoms with van der Waals surface area (Å²) in [5.41, 5.74) is 0.382. The molecular formula is C14H24N4. The van der Waals surface area contributed by atoms with Gasteiger partial charge in [0.2, 0.25) is 0 Å². The highest BCUT2D eigenvalue weighted by Gasteiger charge is 2.43. The first-order valence-corrected chi connectivity index (χ1v) is 7.19. The van der Waals surface area contributed by atoms with Crippen LogP contribution in [0.2, 0.25) is 0 Å². The average molecular weight is 248 g/mol. The van der Waals surface area contributed by atoms with E-state index >= 15 is 0 Å². The molecule has 1 aliphatic heterocycles. The van der Waals surface area contributed by atoms with E-state index in [0.29, 0.717) is 5.54 Å². The average Bonchev–Trinajstić information content (AvgIpc) is 3.10. The fourth-order valence-electron chi connectivity index (χ4n) is 3.18. The van der Waals surface area contributed by atoms with E-state index in [2.05, 4.69) is 26.7 Å². The van der Waals surface area contributed by atoms with Gasteiger partial charge >= 0.3 is 0 Å². The van der Waals surface area contributed by atoms with Crippen LogP contribution in [0.25, 0.3) is 0 Å². The van der Waals surface area contributed by atoms with Crippen LogP contribution in [0.3, 0.4) is 0 Å². The number of rotatable bonds is 5. The second kappa shape index (κ2) is 5.02. The van der Waals surface area contributed by atoms with Crippen LogP contribution in [0.15, 0.2) is 18.7 Å². The first-order valence-electron chi connectivity index (χ1n) is 7.19. The van der Waals surface area contributed by atoms with Gasteiger partial charge < -0.3 is 14.8 Å². The van der Waals surface area contributed by atoms with Gasteiger partial charge in [0.1, 0.15) is 0 Å². The molecule has 1 saturated carbocycles. The zero-order valence-corrected chi connectivity index (χ0v) is 11.3. The number of nitrogens with zero attached hydrogens (tertiary/aromatic N) is 3. The zero-order valence-electron chi connectivity index (χ0n) is 11.3. The maximum Gasteiger partial charge on any atom is 0.0945 e. The summed E-state index contributed by atoms with van der Waals surface area (Å²) < 4.78 is 2.17. The molecule has 1 N–H and O–H groups in total. The van der Waals surface area contributed by atoms with Crippen molar-refractivity contribution in [1.82, 2.24) is 19.8 Å². The van der Waals surface area contributed by atoms with E-state index in [1.807, 2.05) is 18.7 Å². The van der Waals surface area contributed by atoms with E-state index in [9.17, 15) is 0 Å². The summed E-state index contributed by atoms with van der Waals surface area (Å²) in [5.74, 6) is 0.925. The Kier molecular flexibility index (Phi) is 3.39. The molecule has 4 nitrogen and oxygen atoms in total. The van der Waals surface area contributed by atoms with Gasteiger partial charge in [0.25, 0.3) is 0 Å². The number of hydrogen-bond acceptors (Lipinski definition) is 3. The first-order chi connectivity index (χ1) is 8.76. The molecule has 1 saturated heterocycles. The molecule has 100 valence electrons. The topological polar surface area (TPSA) is 33.1 Å². The van der Waals surface area contributed by atoms with Crippen LogP contribution in [0.1, 0.15) is 26.2 Å². The van der Waals surface area contributed by atoms with Crippen molar-refractivity contribution in [1.29, 1.82) is 0 Å². The lowest BCUT2D eigenvalue weighted by atomic mass is 9.93. The lowest BCUT2D eigenvalue weighted by Crippen LogP contribution is -2.60. The third-order valence-electron chi connectivity index (χ3n) is 4.44. The van der Waals surface area contributed by atoms with Crippen LogP contribution in [0.4, 0.5) is 0 Å². The molecule has 0 aromatic carbocycles. The smallest absolute Gasteiger partial charge is 0.0945 e. The van der Waals surface area contributed by atoms with Crippen molar-refractivity contribution in [3.8, 4) is 0 Å². The van der Waals surface area contributed by atoms with E-state index in [0.717, 1.165) is 19.0 Å². The van der Waals surface area contributed by atoms with Crippen molar-refractivity contribution in [3.05, 3.63) is 18.7 Å². The standard InChI is InChI=1S/C14H24N4/c1-14(13-3-4-13)11-17(10-6-16-14)7-2-8-18-9-5-15-12-18/h5,9,12-13,16H,2-4,6-8,10-11H2,1H3. The molecule has 0 bridgehead atoms. The Morgan fingerprint density at radius 2 is 2.28 bits per heavy atom. The highest BCUT2D eigenvalue weighted by molar-refractivity contribution is 5.01.